The largest absolute Gasteiger partial charge is 0.365 e. The van der Waals surface area contributed by atoms with Gasteiger partial charge in [-0.15, -0.1) is 0 Å². The summed E-state index contributed by atoms with van der Waals surface area (Å²) in [7, 11) is 0. The maximum Gasteiger partial charge on any atom is 0.145 e. The number of nitrogens with zero attached hydrogens (tertiary/aromatic N) is 1. The predicted octanol–water partition coefficient (Wildman–Crippen LogP) is 2.96. The maximum absolute atomic E-state index is 6.14. The van der Waals surface area contributed by atoms with Crippen LogP contribution in [0.3, 0.4) is 0 Å². The van der Waals surface area contributed by atoms with Crippen LogP contribution < -0.4 is 5.32 Å². The second-order valence-electron chi connectivity index (χ2n) is 3.50. The van der Waals surface area contributed by atoms with Gasteiger partial charge in [0.2, 0.25) is 0 Å². The Kier molecular flexibility index (Phi) is 3.19. The SMILES string of the molecule is Cc1ccnc(NC2CCSC2)c1Cl. The van der Waals surface area contributed by atoms with E-state index in [0.717, 1.165) is 22.2 Å². The van der Waals surface area contributed by atoms with E-state index in [0.29, 0.717) is 6.04 Å². The molecule has 0 aromatic carbocycles. The van der Waals surface area contributed by atoms with Crippen LogP contribution in [0.25, 0.3) is 0 Å². The number of pyridine rings is 1. The third-order valence-corrected chi connectivity index (χ3v) is 3.99. The summed E-state index contributed by atoms with van der Waals surface area (Å²) >= 11 is 8.12. The lowest BCUT2D eigenvalue weighted by Crippen LogP contribution is -2.19. The Balaban J connectivity index is 2.11. The molecule has 0 aliphatic carbocycles. The van der Waals surface area contributed by atoms with Crippen molar-refractivity contribution in [3.8, 4) is 0 Å². The number of hydrogen-bond acceptors (Lipinski definition) is 3. The molecule has 1 aliphatic rings. The first kappa shape index (κ1) is 10.1. The highest BCUT2D eigenvalue weighted by Gasteiger charge is 2.16. The highest BCUT2D eigenvalue weighted by molar-refractivity contribution is 7.99. The highest BCUT2D eigenvalue weighted by Crippen LogP contribution is 2.26. The normalized spacial score (nSPS) is 21.1. The van der Waals surface area contributed by atoms with Gasteiger partial charge >= 0.3 is 0 Å². The van der Waals surface area contributed by atoms with Crippen molar-refractivity contribution in [3.63, 3.8) is 0 Å². The number of aromatic nitrogens is 1. The maximum atomic E-state index is 6.14. The van der Waals surface area contributed by atoms with Crippen LogP contribution >= 0.6 is 23.4 Å². The van der Waals surface area contributed by atoms with E-state index >= 15 is 0 Å². The summed E-state index contributed by atoms with van der Waals surface area (Å²) in [6.07, 6.45) is 3.00. The van der Waals surface area contributed by atoms with Gasteiger partial charge in [-0.1, -0.05) is 11.6 Å². The van der Waals surface area contributed by atoms with Crippen LogP contribution in [-0.4, -0.2) is 22.5 Å². The van der Waals surface area contributed by atoms with Gasteiger partial charge in [0, 0.05) is 18.0 Å². The molecule has 0 radical (unpaired) electrons. The first-order chi connectivity index (χ1) is 6.77. The fraction of sp³-hybridized carbons (Fsp3) is 0.500. The number of thioether (sulfide) groups is 1. The molecule has 0 amide bonds. The van der Waals surface area contributed by atoms with Crippen LogP contribution in [0.4, 0.5) is 5.82 Å². The number of anilines is 1. The van der Waals surface area contributed by atoms with E-state index in [2.05, 4.69) is 10.3 Å². The van der Waals surface area contributed by atoms with Crippen molar-refractivity contribution in [1.29, 1.82) is 0 Å². The first-order valence-electron chi connectivity index (χ1n) is 4.73. The topological polar surface area (TPSA) is 24.9 Å². The van der Waals surface area contributed by atoms with E-state index in [4.69, 9.17) is 11.6 Å². The molecule has 14 heavy (non-hydrogen) atoms. The molecule has 1 N–H and O–H groups in total. The van der Waals surface area contributed by atoms with Crippen LogP contribution in [0.5, 0.6) is 0 Å². The van der Waals surface area contributed by atoms with Gasteiger partial charge in [-0.05, 0) is 30.7 Å². The monoisotopic (exact) mass is 228 g/mol. The summed E-state index contributed by atoms with van der Waals surface area (Å²) in [5, 5.41) is 4.14. The number of nitrogens with one attached hydrogen (secondary N) is 1. The average Bonchev–Trinajstić information content (AvgIpc) is 2.66. The molecule has 1 aromatic heterocycles. The van der Waals surface area contributed by atoms with Crippen molar-refractivity contribution in [2.45, 2.75) is 19.4 Å². The number of hydrogen-bond donors (Lipinski definition) is 1. The third kappa shape index (κ3) is 2.15. The lowest BCUT2D eigenvalue weighted by Gasteiger charge is -2.13. The van der Waals surface area contributed by atoms with Crippen molar-refractivity contribution in [2.24, 2.45) is 0 Å². The molecule has 1 aromatic rings. The molecule has 0 spiro atoms. The van der Waals surface area contributed by atoms with Gasteiger partial charge in [0.15, 0.2) is 0 Å². The van der Waals surface area contributed by atoms with E-state index < -0.39 is 0 Å². The fourth-order valence-corrected chi connectivity index (χ4v) is 2.80. The third-order valence-electron chi connectivity index (χ3n) is 2.35. The second-order valence-corrected chi connectivity index (χ2v) is 5.02. The molecule has 4 heteroatoms. The molecule has 2 rings (SSSR count). The van der Waals surface area contributed by atoms with Gasteiger partial charge < -0.3 is 5.32 Å². The Labute approximate surface area is 93.4 Å². The molecule has 1 fully saturated rings. The summed E-state index contributed by atoms with van der Waals surface area (Å²) in [6, 6.07) is 2.46. The van der Waals surface area contributed by atoms with Crippen molar-refractivity contribution in [1.82, 2.24) is 4.98 Å². The molecule has 0 saturated carbocycles. The zero-order valence-corrected chi connectivity index (χ0v) is 9.66. The zero-order valence-electron chi connectivity index (χ0n) is 8.09. The van der Waals surface area contributed by atoms with Crippen LogP contribution in [0.15, 0.2) is 12.3 Å². The molecule has 2 nitrogen and oxygen atoms in total. The van der Waals surface area contributed by atoms with Crippen LogP contribution in [0.2, 0.25) is 5.02 Å². The van der Waals surface area contributed by atoms with Crippen LogP contribution in [0.1, 0.15) is 12.0 Å². The quantitative estimate of drug-likeness (QED) is 0.843. The minimum Gasteiger partial charge on any atom is -0.365 e. The van der Waals surface area contributed by atoms with Crippen molar-refractivity contribution in [3.05, 3.63) is 22.8 Å². The second kappa shape index (κ2) is 4.41. The number of aryl methyl sites for hydroxylation is 1. The van der Waals surface area contributed by atoms with Crippen LogP contribution in [-0.2, 0) is 0 Å². The fourth-order valence-electron chi connectivity index (χ4n) is 1.48. The summed E-state index contributed by atoms with van der Waals surface area (Å²) in [4.78, 5) is 4.25. The molecule has 1 unspecified atom stereocenters. The Morgan fingerprint density at radius 1 is 1.64 bits per heavy atom. The minimum atomic E-state index is 0.534. The zero-order chi connectivity index (χ0) is 9.97. The number of rotatable bonds is 2. The van der Waals surface area contributed by atoms with Gasteiger partial charge in [-0.25, -0.2) is 4.98 Å². The Hall–Kier alpha value is -0.410. The minimum absolute atomic E-state index is 0.534. The van der Waals surface area contributed by atoms with Crippen molar-refractivity contribution >= 4 is 29.2 Å². The molecule has 1 atom stereocenters. The van der Waals surface area contributed by atoms with Crippen molar-refractivity contribution in [2.75, 3.05) is 16.8 Å². The smallest absolute Gasteiger partial charge is 0.145 e. The van der Waals surface area contributed by atoms with Gasteiger partial charge in [0.25, 0.3) is 0 Å². The highest BCUT2D eigenvalue weighted by atomic mass is 35.5. The average molecular weight is 229 g/mol. The van der Waals surface area contributed by atoms with Crippen molar-refractivity contribution < 1.29 is 0 Å². The van der Waals surface area contributed by atoms with E-state index in [-0.39, 0.29) is 0 Å². The standard InChI is InChI=1S/C10H13ClN2S/c1-7-2-4-12-10(9(7)11)13-8-3-5-14-6-8/h2,4,8H,3,5-6H2,1H3,(H,12,13). The number of halogens is 1. The molecule has 2 heterocycles. The van der Waals surface area contributed by atoms with Gasteiger partial charge in [0.05, 0.1) is 5.02 Å². The molecule has 1 aliphatic heterocycles. The molecule has 0 bridgehead atoms. The van der Waals surface area contributed by atoms with E-state index in [1.54, 1.807) is 6.20 Å². The molecular weight excluding hydrogens is 216 g/mol. The summed E-state index contributed by atoms with van der Waals surface area (Å²) in [6.45, 7) is 2.00. The summed E-state index contributed by atoms with van der Waals surface area (Å²) in [5.41, 5.74) is 1.08. The Morgan fingerprint density at radius 2 is 2.50 bits per heavy atom. The molecule has 1 saturated heterocycles. The van der Waals surface area contributed by atoms with E-state index in [9.17, 15) is 0 Å². The van der Waals surface area contributed by atoms with Gasteiger partial charge in [0.1, 0.15) is 5.82 Å². The lowest BCUT2D eigenvalue weighted by molar-refractivity contribution is 0.806. The lowest BCUT2D eigenvalue weighted by atomic mass is 10.2. The van der Waals surface area contributed by atoms with E-state index in [1.165, 1.54) is 12.2 Å². The molecular formula is C10H13ClN2S. The summed E-state index contributed by atoms with van der Waals surface area (Å²) in [5.74, 6) is 3.23. The predicted molar refractivity (Wildman–Crippen MR) is 63.3 cm³/mol. The molecule has 76 valence electrons. The van der Waals surface area contributed by atoms with Gasteiger partial charge in [-0.2, -0.15) is 11.8 Å². The Morgan fingerprint density at radius 3 is 3.21 bits per heavy atom. The first-order valence-corrected chi connectivity index (χ1v) is 6.26. The van der Waals surface area contributed by atoms with E-state index in [1.807, 2.05) is 24.8 Å². The Bertz CT molecular complexity index is 324. The van der Waals surface area contributed by atoms with Crippen LogP contribution in [0, 0.1) is 6.92 Å². The summed E-state index contributed by atoms with van der Waals surface area (Å²) < 4.78 is 0. The van der Waals surface area contributed by atoms with Gasteiger partial charge in [-0.3, -0.25) is 0 Å².